The van der Waals surface area contributed by atoms with Crippen LogP contribution in [0.1, 0.15) is 12.5 Å². The lowest BCUT2D eigenvalue weighted by atomic mass is 10.1. The first-order valence-corrected chi connectivity index (χ1v) is 8.81. The first-order chi connectivity index (χ1) is 13.4. The van der Waals surface area contributed by atoms with Crippen LogP contribution in [0.5, 0.6) is 5.75 Å². The summed E-state index contributed by atoms with van der Waals surface area (Å²) < 4.78 is 11.0. The summed E-state index contributed by atoms with van der Waals surface area (Å²) in [6.07, 6.45) is -0.862. The highest BCUT2D eigenvalue weighted by molar-refractivity contribution is 6.00. The van der Waals surface area contributed by atoms with Gasteiger partial charge in [0.25, 0.3) is 5.91 Å². The quantitative estimate of drug-likeness (QED) is 0.693. The van der Waals surface area contributed by atoms with Gasteiger partial charge in [-0.2, -0.15) is 0 Å². The molecule has 142 valence electrons. The minimum Gasteiger partial charge on any atom is -0.476 e. The van der Waals surface area contributed by atoms with E-state index in [0.29, 0.717) is 22.7 Å². The zero-order valence-electron chi connectivity index (χ0n) is 15.4. The van der Waals surface area contributed by atoms with Crippen LogP contribution in [0.3, 0.4) is 0 Å². The summed E-state index contributed by atoms with van der Waals surface area (Å²) >= 11 is 0. The Morgan fingerprint density at radius 2 is 1.93 bits per heavy atom. The predicted molar refractivity (Wildman–Crippen MR) is 105 cm³/mol. The maximum absolute atomic E-state index is 12.7. The Morgan fingerprint density at radius 1 is 1.14 bits per heavy atom. The maximum atomic E-state index is 12.7. The highest BCUT2D eigenvalue weighted by Crippen LogP contribution is 2.33. The number of nitrogens with zero attached hydrogens (tertiary/aromatic N) is 1. The van der Waals surface area contributed by atoms with Crippen molar-refractivity contribution in [2.75, 3.05) is 16.8 Å². The van der Waals surface area contributed by atoms with Crippen LogP contribution in [-0.2, 0) is 9.59 Å². The minimum atomic E-state index is -0.862. The van der Waals surface area contributed by atoms with Crippen LogP contribution in [0, 0.1) is 6.92 Å². The van der Waals surface area contributed by atoms with E-state index in [1.807, 2.05) is 13.0 Å². The third kappa shape index (κ3) is 3.22. The van der Waals surface area contributed by atoms with Crippen molar-refractivity contribution in [1.29, 1.82) is 0 Å². The number of hydrogen-bond donors (Lipinski definition) is 1. The van der Waals surface area contributed by atoms with Gasteiger partial charge in [-0.1, -0.05) is 12.1 Å². The molecule has 1 aliphatic heterocycles. The van der Waals surface area contributed by atoms with E-state index in [-0.39, 0.29) is 12.5 Å². The van der Waals surface area contributed by atoms with E-state index in [0.717, 1.165) is 10.9 Å². The van der Waals surface area contributed by atoms with Crippen molar-refractivity contribution < 1.29 is 18.7 Å². The lowest BCUT2D eigenvalue weighted by Gasteiger charge is -2.33. The molecule has 0 spiro atoms. The second-order valence-electron chi connectivity index (χ2n) is 6.65. The Morgan fingerprint density at radius 3 is 2.71 bits per heavy atom. The van der Waals surface area contributed by atoms with E-state index in [4.69, 9.17) is 9.15 Å². The Bertz CT molecular complexity index is 1150. The smallest absolute Gasteiger partial charge is 0.336 e. The van der Waals surface area contributed by atoms with Crippen molar-refractivity contribution in [3.63, 3.8) is 0 Å². The average molecular weight is 378 g/mol. The van der Waals surface area contributed by atoms with Gasteiger partial charge in [0.15, 0.2) is 6.10 Å². The third-order valence-electron chi connectivity index (χ3n) is 4.67. The number of anilines is 2. The summed E-state index contributed by atoms with van der Waals surface area (Å²) in [7, 11) is 0. The molecule has 0 unspecified atom stereocenters. The van der Waals surface area contributed by atoms with E-state index >= 15 is 0 Å². The second kappa shape index (κ2) is 6.84. The largest absolute Gasteiger partial charge is 0.476 e. The Labute approximate surface area is 160 Å². The summed E-state index contributed by atoms with van der Waals surface area (Å²) in [5.41, 5.74) is 1.86. The van der Waals surface area contributed by atoms with Crippen molar-refractivity contribution in [1.82, 2.24) is 0 Å². The number of aryl methyl sites for hydroxylation is 1. The number of benzene rings is 2. The summed E-state index contributed by atoms with van der Waals surface area (Å²) in [6.45, 7) is 3.38. The number of fused-ring (bicyclic) bond motifs is 2. The first kappa shape index (κ1) is 17.8. The summed E-state index contributed by atoms with van der Waals surface area (Å²) in [4.78, 5) is 37.9. The van der Waals surface area contributed by atoms with Crippen LogP contribution in [0.25, 0.3) is 11.0 Å². The van der Waals surface area contributed by atoms with E-state index in [1.54, 1.807) is 36.4 Å². The number of hydrogen-bond acceptors (Lipinski definition) is 5. The van der Waals surface area contributed by atoms with Crippen LogP contribution in [0.4, 0.5) is 11.4 Å². The number of nitrogens with one attached hydrogen (secondary N) is 1. The van der Waals surface area contributed by atoms with E-state index < -0.39 is 17.6 Å². The number of amides is 2. The minimum absolute atomic E-state index is 0.111. The molecular formula is C21H18N2O5. The summed E-state index contributed by atoms with van der Waals surface area (Å²) in [5, 5.41) is 3.56. The molecule has 1 aromatic heterocycles. The fraction of sp³-hybridized carbons (Fsp3) is 0.190. The number of ether oxygens (including phenoxy) is 1. The molecule has 2 aromatic carbocycles. The molecule has 0 saturated carbocycles. The van der Waals surface area contributed by atoms with Crippen molar-refractivity contribution in [2.45, 2.75) is 20.0 Å². The van der Waals surface area contributed by atoms with E-state index in [9.17, 15) is 14.4 Å². The van der Waals surface area contributed by atoms with Crippen molar-refractivity contribution in [2.24, 2.45) is 0 Å². The molecule has 0 bridgehead atoms. The number of rotatable bonds is 2. The Balaban J connectivity index is 1.59. The van der Waals surface area contributed by atoms with Gasteiger partial charge in [0.05, 0.1) is 12.2 Å². The van der Waals surface area contributed by atoms with Gasteiger partial charge >= 0.3 is 5.63 Å². The Kier molecular flexibility index (Phi) is 4.35. The normalized spacial score (nSPS) is 15.6. The van der Waals surface area contributed by atoms with Gasteiger partial charge in [-0.3, -0.25) is 9.59 Å². The molecule has 7 nitrogen and oxygen atoms in total. The van der Waals surface area contributed by atoms with Gasteiger partial charge in [0, 0.05) is 30.1 Å². The molecule has 0 radical (unpaired) electrons. The van der Waals surface area contributed by atoms with Gasteiger partial charge in [-0.15, -0.1) is 0 Å². The van der Waals surface area contributed by atoms with E-state index in [2.05, 4.69) is 5.32 Å². The van der Waals surface area contributed by atoms with Gasteiger partial charge in [0.1, 0.15) is 11.3 Å². The zero-order valence-corrected chi connectivity index (χ0v) is 15.4. The molecule has 1 N–H and O–H groups in total. The topological polar surface area (TPSA) is 88.9 Å². The first-order valence-electron chi connectivity index (χ1n) is 8.81. The molecule has 1 aliphatic rings. The number of carbonyl (C=O) groups is 2. The summed E-state index contributed by atoms with van der Waals surface area (Å²) in [6, 6.07) is 13.6. The molecule has 2 heterocycles. The molecular weight excluding hydrogens is 360 g/mol. The standard InChI is InChI=1S/C21H18N2O5/c1-12-9-20(25)28-18-10-14(7-8-15(12)18)22-21(26)19-11-23(13(2)24)16-5-3-4-6-17(16)27-19/h3-10,19H,11H2,1-2H3,(H,22,26)/t19-/m0/s1. The lowest BCUT2D eigenvalue weighted by molar-refractivity contribution is -0.123. The van der Waals surface area contributed by atoms with Crippen LogP contribution in [0.15, 0.2) is 57.7 Å². The second-order valence-corrected chi connectivity index (χ2v) is 6.65. The van der Waals surface area contributed by atoms with Crippen LogP contribution in [-0.4, -0.2) is 24.5 Å². The monoisotopic (exact) mass is 378 g/mol. The highest BCUT2D eigenvalue weighted by Gasteiger charge is 2.32. The van der Waals surface area contributed by atoms with Gasteiger partial charge in [-0.25, -0.2) is 4.79 Å². The fourth-order valence-electron chi connectivity index (χ4n) is 3.29. The highest BCUT2D eigenvalue weighted by atomic mass is 16.5. The SMILES string of the molecule is CC(=O)N1C[C@@H](C(=O)Nc2ccc3c(C)cc(=O)oc3c2)Oc2ccccc21. The van der Waals surface area contributed by atoms with Gasteiger partial charge in [-0.05, 0) is 36.8 Å². The molecule has 4 rings (SSSR count). The van der Waals surface area contributed by atoms with E-state index in [1.165, 1.54) is 17.9 Å². The third-order valence-corrected chi connectivity index (χ3v) is 4.67. The number of carbonyl (C=O) groups excluding carboxylic acids is 2. The van der Waals surface area contributed by atoms with Crippen molar-refractivity contribution in [3.05, 3.63) is 64.5 Å². The molecule has 1 atom stereocenters. The molecule has 7 heteroatoms. The molecule has 2 amide bonds. The molecule has 0 aliphatic carbocycles. The van der Waals surface area contributed by atoms with Crippen molar-refractivity contribution in [3.8, 4) is 5.75 Å². The summed E-state index contributed by atoms with van der Waals surface area (Å²) in [5.74, 6) is -0.0872. The lowest BCUT2D eigenvalue weighted by Crippen LogP contribution is -2.48. The predicted octanol–water partition coefficient (Wildman–Crippen LogP) is 2.85. The number of para-hydroxylation sites is 2. The molecule has 0 fully saturated rings. The van der Waals surface area contributed by atoms with Crippen LogP contribution < -0.4 is 20.6 Å². The van der Waals surface area contributed by atoms with Crippen molar-refractivity contribution >= 4 is 34.2 Å². The Hall–Kier alpha value is -3.61. The van der Waals surface area contributed by atoms with Gasteiger partial charge in [0.2, 0.25) is 5.91 Å². The maximum Gasteiger partial charge on any atom is 0.336 e. The molecule has 0 saturated heterocycles. The molecule has 3 aromatic rings. The average Bonchev–Trinajstić information content (AvgIpc) is 2.66. The van der Waals surface area contributed by atoms with Crippen LogP contribution >= 0.6 is 0 Å². The fourth-order valence-corrected chi connectivity index (χ4v) is 3.29. The van der Waals surface area contributed by atoms with Gasteiger partial charge < -0.3 is 19.4 Å². The van der Waals surface area contributed by atoms with Crippen LogP contribution in [0.2, 0.25) is 0 Å². The zero-order chi connectivity index (χ0) is 19.8. The molecule has 28 heavy (non-hydrogen) atoms.